The van der Waals surface area contributed by atoms with Crippen LogP contribution < -0.4 is 0 Å². The normalized spacial score (nSPS) is 11.5. The molecule has 0 heteroatoms. The van der Waals surface area contributed by atoms with Crippen molar-refractivity contribution in [2.24, 2.45) is 0 Å². The highest BCUT2D eigenvalue weighted by Crippen LogP contribution is 2.54. The Morgan fingerprint density at radius 1 is 0.100 bits per heavy atom. The standard InChI is InChI=1S/C80H52/c1-5-17-53(18-6-1)57-29-37-61(38-30-57)69-49-77-73-45-65-25-13-14-26-66(65)46-74(73)79-51-71(63-41-33-59(34-42-63)55-21-9-3-10-22-55)72(64-43-35-60(36-44-64)56-23-11-4-12-24-56)52-80(79)76-48-68-28-16-15-27-67(68)47-75(76)78(77)50-70(69)62-39-31-58(32-40-62)54-19-7-2-8-20-54/h1-52H. The zero-order chi connectivity index (χ0) is 52.9. The van der Waals surface area contributed by atoms with E-state index in [4.69, 9.17) is 0 Å². The summed E-state index contributed by atoms with van der Waals surface area (Å²) in [6.45, 7) is 0. The summed E-state index contributed by atoms with van der Waals surface area (Å²) in [5.41, 5.74) is 28.7. The van der Waals surface area contributed by atoms with Crippen LogP contribution in [-0.4, -0.2) is 0 Å². The average molecular weight is 1010 g/mol. The van der Waals surface area contributed by atoms with E-state index >= 15 is 0 Å². The molecule has 0 spiro atoms. The molecule has 0 N–H and O–H groups in total. The predicted octanol–water partition coefficient (Wildman–Crippen LogP) is 22.3. The molecule has 0 bridgehead atoms. The maximum absolute atomic E-state index is 2.51. The van der Waals surface area contributed by atoms with E-state index in [1.807, 2.05) is 0 Å². The van der Waals surface area contributed by atoms with Crippen LogP contribution in [0.4, 0.5) is 0 Å². The van der Waals surface area contributed by atoms with Gasteiger partial charge in [0, 0.05) is 0 Å². The number of hydrogen-bond donors (Lipinski definition) is 0. The van der Waals surface area contributed by atoms with Crippen LogP contribution in [0.3, 0.4) is 0 Å². The van der Waals surface area contributed by atoms with Gasteiger partial charge in [-0.2, -0.15) is 0 Å². The van der Waals surface area contributed by atoms with Crippen molar-refractivity contribution < 1.29 is 0 Å². The average Bonchev–Trinajstić information content (AvgIpc) is 3.68. The summed E-state index contributed by atoms with van der Waals surface area (Å²) in [5, 5.41) is 4.83. The molecule has 0 heterocycles. The smallest absolute Gasteiger partial charge is 0.00921 e. The molecular weight excluding hydrogens is 961 g/mol. The quantitative estimate of drug-likeness (QED) is 0.142. The first-order valence-corrected chi connectivity index (χ1v) is 27.7. The summed E-state index contributed by atoms with van der Waals surface area (Å²) in [6.07, 6.45) is 0. The molecule has 0 fully saturated rings. The first-order valence-electron chi connectivity index (χ1n) is 27.7. The Hall–Kier alpha value is -10.4. The van der Waals surface area contributed by atoms with Gasteiger partial charge in [0.1, 0.15) is 0 Å². The second kappa shape index (κ2) is 19.9. The van der Waals surface area contributed by atoms with E-state index in [1.165, 1.54) is 155 Å². The lowest BCUT2D eigenvalue weighted by Gasteiger charge is -2.27. The maximum Gasteiger partial charge on any atom is -0.00921 e. The van der Waals surface area contributed by atoms with Gasteiger partial charge in [-0.1, -0.05) is 267 Å². The lowest BCUT2D eigenvalue weighted by molar-refractivity contribution is 1.51. The number of fused-ring (bicyclic) bond motifs is 10. The fourth-order valence-electron chi connectivity index (χ4n) is 12.3. The molecule has 372 valence electrons. The Balaban J connectivity index is 1.03. The van der Waals surface area contributed by atoms with Crippen molar-refractivity contribution >= 4 is 21.5 Å². The fraction of sp³-hybridized carbons (Fsp3) is 0. The van der Waals surface area contributed by atoms with E-state index < -0.39 is 0 Å². The third kappa shape index (κ3) is 8.52. The topological polar surface area (TPSA) is 0 Å². The van der Waals surface area contributed by atoms with Gasteiger partial charge in [0.15, 0.2) is 0 Å². The van der Waals surface area contributed by atoms with E-state index in [0.717, 1.165) is 0 Å². The van der Waals surface area contributed by atoms with Crippen LogP contribution in [-0.2, 0) is 0 Å². The molecule has 14 aromatic rings. The largest absolute Gasteiger partial charge is 0.0622 e. The highest BCUT2D eigenvalue weighted by Gasteiger charge is 2.28. The van der Waals surface area contributed by atoms with Crippen LogP contribution in [0.2, 0.25) is 0 Å². The van der Waals surface area contributed by atoms with E-state index in [9.17, 15) is 0 Å². The Morgan fingerprint density at radius 3 is 0.450 bits per heavy atom. The van der Waals surface area contributed by atoms with Crippen LogP contribution in [0.5, 0.6) is 0 Å². The van der Waals surface area contributed by atoms with Crippen LogP contribution in [0.1, 0.15) is 0 Å². The van der Waals surface area contributed by atoms with Gasteiger partial charge < -0.3 is 0 Å². The molecule has 0 unspecified atom stereocenters. The second-order valence-electron chi connectivity index (χ2n) is 21.2. The van der Waals surface area contributed by atoms with Gasteiger partial charge >= 0.3 is 0 Å². The van der Waals surface area contributed by atoms with E-state index in [1.54, 1.807) is 0 Å². The predicted molar refractivity (Wildman–Crippen MR) is 340 cm³/mol. The third-order valence-corrected chi connectivity index (χ3v) is 16.5. The Bertz CT molecular complexity index is 4000. The van der Waals surface area contributed by atoms with Crippen molar-refractivity contribution in [2.75, 3.05) is 0 Å². The molecule has 0 saturated carbocycles. The zero-order valence-corrected chi connectivity index (χ0v) is 44.0. The summed E-state index contributed by atoms with van der Waals surface area (Å²) in [4.78, 5) is 0. The van der Waals surface area contributed by atoms with E-state index in [0.29, 0.717) is 0 Å². The molecule has 14 aromatic carbocycles. The van der Waals surface area contributed by atoms with Gasteiger partial charge in [-0.05, 0) is 204 Å². The van der Waals surface area contributed by atoms with Crippen molar-refractivity contribution in [3.63, 3.8) is 0 Å². The minimum Gasteiger partial charge on any atom is -0.0622 e. The lowest BCUT2D eigenvalue weighted by Crippen LogP contribution is -2.01. The minimum atomic E-state index is 1.17. The first kappa shape index (κ1) is 46.9. The Morgan fingerprint density at radius 2 is 0.250 bits per heavy atom. The zero-order valence-electron chi connectivity index (χ0n) is 44.0. The monoisotopic (exact) mass is 1010 g/mol. The summed E-state index contributed by atoms with van der Waals surface area (Å²) >= 11 is 0. The van der Waals surface area contributed by atoms with Crippen LogP contribution in [0.15, 0.2) is 315 Å². The minimum absolute atomic E-state index is 1.17. The molecule has 0 atom stereocenters. The summed E-state index contributed by atoms with van der Waals surface area (Å²) in [6, 6.07) is 117. The van der Waals surface area contributed by atoms with Gasteiger partial charge in [-0.3, -0.25) is 0 Å². The van der Waals surface area contributed by atoms with Crippen molar-refractivity contribution in [3.05, 3.63) is 315 Å². The van der Waals surface area contributed by atoms with E-state index in [2.05, 4.69) is 315 Å². The number of benzene rings is 14. The lowest BCUT2D eigenvalue weighted by atomic mass is 9.75. The molecule has 1 aliphatic rings. The van der Waals surface area contributed by atoms with Crippen molar-refractivity contribution in [3.8, 4) is 134 Å². The van der Waals surface area contributed by atoms with E-state index in [-0.39, 0.29) is 0 Å². The van der Waals surface area contributed by atoms with Gasteiger partial charge in [0.2, 0.25) is 0 Å². The summed E-state index contributed by atoms with van der Waals surface area (Å²) in [7, 11) is 0. The number of hydrogen-bond acceptors (Lipinski definition) is 0. The van der Waals surface area contributed by atoms with Gasteiger partial charge in [0.05, 0.1) is 0 Å². The Kier molecular flexibility index (Phi) is 11.6. The van der Waals surface area contributed by atoms with Gasteiger partial charge in [-0.15, -0.1) is 0 Å². The Labute approximate surface area is 467 Å². The summed E-state index contributed by atoms with van der Waals surface area (Å²) in [5.74, 6) is 0. The van der Waals surface area contributed by atoms with Crippen molar-refractivity contribution in [1.29, 1.82) is 0 Å². The van der Waals surface area contributed by atoms with Crippen LogP contribution in [0.25, 0.3) is 155 Å². The molecule has 15 rings (SSSR count). The molecule has 0 saturated heterocycles. The molecule has 0 amide bonds. The first-order chi connectivity index (χ1) is 39.6. The van der Waals surface area contributed by atoms with Gasteiger partial charge in [-0.25, -0.2) is 0 Å². The fourth-order valence-corrected chi connectivity index (χ4v) is 12.3. The molecule has 0 aromatic heterocycles. The highest BCUT2D eigenvalue weighted by molar-refractivity contribution is 6.12. The van der Waals surface area contributed by atoms with Crippen molar-refractivity contribution in [2.45, 2.75) is 0 Å². The second-order valence-corrected chi connectivity index (χ2v) is 21.2. The molecule has 0 nitrogen and oxygen atoms in total. The third-order valence-electron chi connectivity index (χ3n) is 16.5. The van der Waals surface area contributed by atoms with Crippen molar-refractivity contribution in [1.82, 2.24) is 0 Å². The molecular formula is C80H52. The SMILES string of the molecule is c1ccc(-c2ccc(-c3cc4c(cc3-c3ccc(-c5ccccc5)cc3)-c3cc5ccccc5cc3-c3cc(-c5ccc(-c6ccccc6)cc5)c(-c5ccc(-c6ccccc6)cc5)cc3-c3cc5ccccc5cc3-4)cc2)cc1. The van der Waals surface area contributed by atoms with Crippen LogP contribution >= 0.6 is 0 Å². The number of rotatable bonds is 8. The molecule has 1 aliphatic carbocycles. The van der Waals surface area contributed by atoms with Crippen LogP contribution in [0, 0.1) is 0 Å². The highest BCUT2D eigenvalue weighted by atomic mass is 14.3. The molecule has 0 aliphatic heterocycles. The summed E-state index contributed by atoms with van der Waals surface area (Å²) < 4.78 is 0. The molecule has 0 radical (unpaired) electrons. The molecule has 80 heavy (non-hydrogen) atoms. The van der Waals surface area contributed by atoms with Gasteiger partial charge in [0.25, 0.3) is 0 Å². The maximum atomic E-state index is 2.51.